The van der Waals surface area contributed by atoms with Crippen LogP contribution in [0.1, 0.15) is 11.1 Å². The van der Waals surface area contributed by atoms with Crippen LogP contribution in [0.5, 0.6) is 5.75 Å². The van der Waals surface area contributed by atoms with Crippen molar-refractivity contribution in [3.05, 3.63) is 65.7 Å². The van der Waals surface area contributed by atoms with Crippen molar-refractivity contribution < 1.29 is 9.53 Å². The fourth-order valence-corrected chi connectivity index (χ4v) is 1.62. The van der Waals surface area contributed by atoms with E-state index in [9.17, 15) is 4.79 Å². The smallest absolute Gasteiger partial charge is 0.336 e. The third-order valence-electron chi connectivity index (χ3n) is 2.73. The second-order valence-electron chi connectivity index (χ2n) is 4.27. The van der Waals surface area contributed by atoms with Crippen LogP contribution in [0, 0.1) is 0 Å². The minimum absolute atomic E-state index is 0.433. The lowest BCUT2D eigenvalue weighted by Crippen LogP contribution is -2.03. The molecule has 0 spiro atoms. The largest absolute Gasteiger partial charge is 0.423 e. The normalized spacial score (nSPS) is 10.7. The number of rotatable bonds is 4. The molecule has 0 saturated carbocycles. The first-order valence-electron chi connectivity index (χ1n) is 6.22. The summed E-state index contributed by atoms with van der Waals surface area (Å²) >= 11 is 0. The fraction of sp³-hybridized carbons (Fsp3) is 0.0625. The van der Waals surface area contributed by atoms with Gasteiger partial charge in [-0.25, -0.2) is 4.79 Å². The minimum Gasteiger partial charge on any atom is -0.423 e. The molecular formula is C16H16N2O2. The van der Waals surface area contributed by atoms with Gasteiger partial charge in [0.1, 0.15) is 5.75 Å². The maximum absolute atomic E-state index is 11.6. The summed E-state index contributed by atoms with van der Waals surface area (Å²) in [6.45, 7) is 0.503. The number of nitrogens with two attached hydrogens (primary N) is 2. The second-order valence-corrected chi connectivity index (χ2v) is 4.27. The van der Waals surface area contributed by atoms with Crippen LogP contribution in [-0.2, 0) is 11.3 Å². The number of hydrogen-bond donors (Lipinski definition) is 2. The summed E-state index contributed by atoms with van der Waals surface area (Å²) < 4.78 is 5.13. The van der Waals surface area contributed by atoms with E-state index in [1.807, 2.05) is 24.3 Å². The molecule has 0 atom stereocenters. The zero-order valence-corrected chi connectivity index (χ0v) is 11.0. The van der Waals surface area contributed by atoms with Crippen LogP contribution >= 0.6 is 0 Å². The molecule has 102 valence electrons. The molecule has 0 aliphatic carbocycles. The van der Waals surface area contributed by atoms with E-state index in [0.717, 1.165) is 11.1 Å². The predicted octanol–water partition coefficient (Wildman–Crippen LogP) is 2.35. The van der Waals surface area contributed by atoms with Crippen LogP contribution in [0.15, 0.2) is 54.6 Å². The maximum Gasteiger partial charge on any atom is 0.336 e. The number of benzene rings is 2. The summed E-state index contributed by atoms with van der Waals surface area (Å²) in [6.07, 6.45) is 3.08. The van der Waals surface area contributed by atoms with Crippen LogP contribution in [0.25, 0.3) is 6.08 Å². The van der Waals surface area contributed by atoms with Crippen molar-refractivity contribution in [1.82, 2.24) is 0 Å². The number of hydrogen-bond acceptors (Lipinski definition) is 4. The number of carbonyl (C=O) groups excluding carboxylic acids is 1. The Morgan fingerprint density at radius 2 is 1.70 bits per heavy atom. The van der Waals surface area contributed by atoms with E-state index >= 15 is 0 Å². The molecule has 0 aliphatic rings. The van der Waals surface area contributed by atoms with Crippen LogP contribution in [0.4, 0.5) is 5.69 Å². The fourth-order valence-electron chi connectivity index (χ4n) is 1.62. The molecule has 2 aromatic rings. The van der Waals surface area contributed by atoms with Gasteiger partial charge in [0.25, 0.3) is 0 Å². The molecule has 2 rings (SSSR count). The van der Waals surface area contributed by atoms with Gasteiger partial charge < -0.3 is 16.2 Å². The number of carbonyl (C=O) groups is 1. The van der Waals surface area contributed by atoms with E-state index in [1.54, 1.807) is 30.3 Å². The highest BCUT2D eigenvalue weighted by Gasteiger charge is 2.00. The Balaban J connectivity index is 1.96. The average Bonchev–Trinajstić information content (AvgIpc) is 2.48. The lowest BCUT2D eigenvalue weighted by Gasteiger charge is -2.01. The van der Waals surface area contributed by atoms with Gasteiger partial charge in [0.05, 0.1) is 0 Å². The van der Waals surface area contributed by atoms with E-state index < -0.39 is 5.97 Å². The van der Waals surface area contributed by atoms with Crippen LogP contribution in [0.2, 0.25) is 0 Å². The van der Waals surface area contributed by atoms with Crippen molar-refractivity contribution in [3.63, 3.8) is 0 Å². The van der Waals surface area contributed by atoms with Crippen molar-refractivity contribution in [3.8, 4) is 5.75 Å². The number of esters is 1. The Hall–Kier alpha value is -2.59. The van der Waals surface area contributed by atoms with Gasteiger partial charge in [0, 0.05) is 18.3 Å². The summed E-state index contributed by atoms with van der Waals surface area (Å²) in [7, 11) is 0. The molecule has 4 heteroatoms. The van der Waals surface area contributed by atoms with Crippen molar-refractivity contribution in [2.45, 2.75) is 6.54 Å². The van der Waals surface area contributed by atoms with E-state index in [4.69, 9.17) is 16.2 Å². The van der Waals surface area contributed by atoms with Gasteiger partial charge in [-0.2, -0.15) is 0 Å². The zero-order valence-electron chi connectivity index (χ0n) is 11.0. The summed E-state index contributed by atoms with van der Waals surface area (Å²) in [5.41, 5.74) is 13.7. The molecule has 20 heavy (non-hydrogen) atoms. The standard InChI is InChI=1S/C16H16N2O2/c17-11-13-3-1-12(2-4-13)5-10-16(19)20-15-8-6-14(18)7-9-15/h1-10H,11,17-18H2/b10-5+. The molecule has 0 radical (unpaired) electrons. The Bertz CT molecular complexity index is 601. The molecule has 0 bridgehead atoms. The molecule has 0 saturated heterocycles. The molecule has 0 heterocycles. The summed E-state index contributed by atoms with van der Waals surface area (Å²) in [5, 5.41) is 0. The van der Waals surface area contributed by atoms with E-state index in [0.29, 0.717) is 18.0 Å². The molecular weight excluding hydrogens is 252 g/mol. The van der Waals surface area contributed by atoms with Gasteiger partial charge in [-0.05, 0) is 41.5 Å². The number of ether oxygens (including phenoxy) is 1. The lowest BCUT2D eigenvalue weighted by atomic mass is 10.1. The molecule has 0 unspecified atom stereocenters. The van der Waals surface area contributed by atoms with E-state index in [-0.39, 0.29) is 0 Å². The van der Waals surface area contributed by atoms with Gasteiger partial charge >= 0.3 is 5.97 Å². The highest BCUT2D eigenvalue weighted by atomic mass is 16.5. The van der Waals surface area contributed by atoms with Gasteiger partial charge in [0.15, 0.2) is 0 Å². The van der Waals surface area contributed by atoms with E-state index in [2.05, 4.69) is 0 Å². The molecule has 0 fully saturated rings. The van der Waals surface area contributed by atoms with Gasteiger partial charge in [-0.1, -0.05) is 24.3 Å². The molecule has 0 aromatic heterocycles. The molecule has 4 nitrogen and oxygen atoms in total. The Morgan fingerprint density at radius 1 is 1.05 bits per heavy atom. The maximum atomic E-state index is 11.6. The van der Waals surface area contributed by atoms with Gasteiger partial charge in [0.2, 0.25) is 0 Å². The Morgan fingerprint density at radius 3 is 2.30 bits per heavy atom. The van der Waals surface area contributed by atoms with Crippen LogP contribution in [-0.4, -0.2) is 5.97 Å². The first-order valence-corrected chi connectivity index (χ1v) is 6.22. The van der Waals surface area contributed by atoms with Crippen molar-refractivity contribution in [2.24, 2.45) is 5.73 Å². The zero-order chi connectivity index (χ0) is 14.4. The minimum atomic E-state index is -0.433. The first-order chi connectivity index (χ1) is 9.67. The Labute approximate surface area is 117 Å². The summed E-state index contributed by atoms with van der Waals surface area (Å²) in [5.74, 6) is 0.0324. The predicted molar refractivity (Wildman–Crippen MR) is 79.9 cm³/mol. The summed E-state index contributed by atoms with van der Waals surface area (Å²) in [6, 6.07) is 14.3. The molecule has 0 aliphatic heterocycles. The van der Waals surface area contributed by atoms with E-state index in [1.165, 1.54) is 6.08 Å². The number of nitrogen functional groups attached to an aromatic ring is 1. The lowest BCUT2D eigenvalue weighted by molar-refractivity contribution is -0.128. The number of anilines is 1. The highest BCUT2D eigenvalue weighted by molar-refractivity contribution is 5.88. The van der Waals surface area contributed by atoms with Gasteiger partial charge in [-0.15, -0.1) is 0 Å². The monoisotopic (exact) mass is 268 g/mol. The second kappa shape index (κ2) is 6.54. The highest BCUT2D eigenvalue weighted by Crippen LogP contribution is 2.13. The summed E-state index contributed by atoms with van der Waals surface area (Å²) in [4.78, 5) is 11.6. The van der Waals surface area contributed by atoms with Crippen LogP contribution in [0.3, 0.4) is 0 Å². The SMILES string of the molecule is NCc1ccc(/C=C/C(=O)Oc2ccc(N)cc2)cc1. The first kappa shape index (κ1) is 13.8. The topological polar surface area (TPSA) is 78.3 Å². The van der Waals surface area contributed by atoms with Crippen molar-refractivity contribution in [1.29, 1.82) is 0 Å². The van der Waals surface area contributed by atoms with Gasteiger partial charge in [-0.3, -0.25) is 0 Å². The third-order valence-corrected chi connectivity index (χ3v) is 2.73. The molecule has 0 amide bonds. The molecule has 4 N–H and O–H groups in total. The Kier molecular flexibility index (Phi) is 4.52. The third kappa shape index (κ3) is 3.96. The molecule has 2 aromatic carbocycles. The average molecular weight is 268 g/mol. The quantitative estimate of drug-likeness (QED) is 0.386. The van der Waals surface area contributed by atoms with Crippen molar-refractivity contribution in [2.75, 3.05) is 5.73 Å². The van der Waals surface area contributed by atoms with Crippen molar-refractivity contribution >= 4 is 17.7 Å². The van der Waals surface area contributed by atoms with Crippen LogP contribution < -0.4 is 16.2 Å².